The Balaban J connectivity index is 3.56. The molecule has 5 nitrogen and oxygen atoms in total. The van der Waals surface area contributed by atoms with Crippen molar-refractivity contribution in [3.05, 3.63) is 0 Å². The number of primary amides is 1. The predicted octanol–water partition coefficient (Wildman–Crippen LogP) is -2.28. The minimum Gasteiger partial charge on any atom is -0.395 e. The molecule has 0 spiro atoms. The predicted molar refractivity (Wildman–Crippen MR) is 41.8 cm³/mol. The van der Waals surface area contributed by atoms with Crippen LogP contribution in [0.1, 0.15) is 0 Å². The molecule has 0 saturated heterocycles. The van der Waals surface area contributed by atoms with Crippen molar-refractivity contribution in [2.75, 3.05) is 26.7 Å². The van der Waals surface area contributed by atoms with Crippen molar-refractivity contribution in [2.24, 2.45) is 11.5 Å². The van der Waals surface area contributed by atoms with Gasteiger partial charge in [-0.2, -0.15) is 0 Å². The van der Waals surface area contributed by atoms with Crippen molar-refractivity contribution in [3.8, 4) is 0 Å². The Kier molecular flexibility index (Phi) is 4.76. The maximum absolute atomic E-state index is 10.4. The zero-order valence-electron chi connectivity index (χ0n) is 6.66. The Morgan fingerprint density at radius 3 is 2.64 bits per heavy atom. The number of nitrogens with two attached hydrogens (primary N) is 2. The fourth-order valence-corrected chi connectivity index (χ4v) is 0.688. The molecule has 0 aromatic heterocycles. The summed E-state index contributed by atoms with van der Waals surface area (Å²) in [6, 6.07) is -0.647. The van der Waals surface area contributed by atoms with Crippen molar-refractivity contribution >= 4 is 5.91 Å². The van der Waals surface area contributed by atoms with Gasteiger partial charge in [0.2, 0.25) is 5.91 Å². The van der Waals surface area contributed by atoms with Crippen LogP contribution in [0, 0.1) is 0 Å². The average molecular weight is 161 g/mol. The van der Waals surface area contributed by atoms with Gasteiger partial charge in [-0.05, 0) is 7.05 Å². The number of likely N-dealkylation sites (N-methyl/N-ethyl adjacent to an activating group) is 1. The molecule has 0 radical (unpaired) electrons. The highest BCUT2D eigenvalue weighted by molar-refractivity contribution is 5.79. The Labute approximate surface area is 66.0 Å². The van der Waals surface area contributed by atoms with Gasteiger partial charge < -0.3 is 21.5 Å². The Hall–Kier alpha value is -0.650. The molecule has 1 amide bonds. The Bertz CT molecular complexity index is 129. The summed E-state index contributed by atoms with van der Waals surface area (Å²) in [7, 11) is 1.76. The van der Waals surface area contributed by atoms with Crippen LogP contribution < -0.4 is 11.5 Å². The molecule has 0 rings (SSSR count). The first-order valence-electron chi connectivity index (χ1n) is 3.42. The standard InChI is InChI=1S/C6H15N3O2/c1-9(2-3-10)4-5(7)6(8)11/h5,10H,2-4,7H2,1H3,(H2,8,11). The van der Waals surface area contributed by atoms with Crippen LogP contribution in [-0.2, 0) is 4.79 Å². The SMILES string of the molecule is CN(CCO)CC(N)C(N)=O. The number of carbonyl (C=O) groups is 1. The minimum absolute atomic E-state index is 0.0575. The molecule has 1 atom stereocenters. The molecule has 1 unspecified atom stereocenters. The average Bonchev–Trinajstić information content (AvgIpc) is 1.87. The first-order valence-corrected chi connectivity index (χ1v) is 3.42. The van der Waals surface area contributed by atoms with Crippen LogP contribution >= 0.6 is 0 Å². The highest BCUT2D eigenvalue weighted by atomic mass is 16.3. The lowest BCUT2D eigenvalue weighted by Crippen LogP contribution is -2.45. The van der Waals surface area contributed by atoms with Gasteiger partial charge in [0.25, 0.3) is 0 Å². The number of hydrogen-bond acceptors (Lipinski definition) is 4. The first-order chi connectivity index (χ1) is 5.07. The van der Waals surface area contributed by atoms with Gasteiger partial charge in [0.05, 0.1) is 12.6 Å². The summed E-state index contributed by atoms with van der Waals surface area (Å²) in [6.45, 7) is 0.943. The van der Waals surface area contributed by atoms with Crippen LogP contribution in [0.3, 0.4) is 0 Å². The Morgan fingerprint density at radius 2 is 2.27 bits per heavy atom. The third kappa shape index (κ3) is 4.72. The molecule has 11 heavy (non-hydrogen) atoms. The summed E-state index contributed by atoms with van der Waals surface area (Å²) in [4.78, 5) is 12.2. The van der Waals surface area contributed by atoms with Crippen LogP contribution in [-0.4, -0.2) is 48.7 Å². The van der Waals surface area contributed by atoms with Crippen molar-refractivity contribution in [2.45, 2.75) is 6.04 Å². The van der Waals surface area contributed by atoms with Crippen molar-refractivity contribution < 1.29 is 9.90 Å². The summed E-state index contributed by atoms with van der Waals surface area (Å²) in [5.41, 5.74) is 10.3. The van der Waals surface area contributed by atoms with Crippen LogP contribution in [0.5, 0.6) is 0 Å². The minimum atomic E-state index is -0.647. The molecular weight excluding hydrogens is 146 g/mol. The fourth-order valence-electron chi connectivity index (χ4n) is 0.688. The second-order valence-electron chi connectivity index (χ2n) is 2.49. The van der Waals surface area contributed by atoms with Crippen molar-refractivity contribution in [1.82, 2.24) is 4.90 Å². The summed E-state index contributed by atoms with van der Waals surface area (Å²) >= 11 is 0. The smallest absolute Gasteiger partial charge is 0.235 e. The number of aliphatic hydroxyl groups excluding tert-OH is 1. The van der Waals surface area contributed by atoms with Gasteiger partial charge >= 0.3 is 0 Å². The highest BCUT2D eigenvalue weighted by Crippen LogP contribution is 1.84. The lowest BCUT2D eigenvalue weighted by molar-refractivity contribution is -0.119. The van der Waals surface area contributed by atoms with Gasteiger partial charge in [0, 0.05) is 13.1 Å². The molecule has 5 N–H and O–H groups in total. The van der Waals surface area contributed by atoms with E-state index < -0.39 is 11.9 Å². The van der Waals surface area contributed by atoms with Gasteiger partial charge in [-0.1, -0.05) is 0 Å². The quantitative estimate of drug-likeness (QED) is 0.423. The zero-order valence-corrected chi connectivity index (χ0v) is 6.66. The number of amides is 1. The third-order valence-electron chi connectivity index (χ3n) is 1.36. The van der Waals surface area contributed by atoms with Crippen molar-refractivity contribution in [1.29, 1.82) is 0 Å². The van der Waals surface area contributed by atoms with Gasteiger partial charge in [0.1, 0.15) is 0 Å². The summed E-state index contributed by atoms with van der Waals surface area (Å²) < 4.78 is 0. The largest absolute Gasteiger partial charge is 0.395 e. The van der Waals surface area contributed by atoms with E-state index in [2.05, 4.69) is 0 Å². The molecule has 0 aliphatic rings. The maximum Gasteiger partial charge on any atom is 0.235 e. The molecule has 0 aliphatic heterocycles. The number of hydrogen-bond donors (Lipinski definition) is 3. The summed E-state index contributed by atoms with van der Waals surface area (Å²) in [5.74, 6) is -0.519. The van der Waals surface area contributed by atoms with Crippen molar-refractivity contribution in [3.63, 3.8) is 0 Å². The van der Waals surface area contributed by atoms with E-state index in [0.717, 1.165) is 0 Å². The van der Waals surface area contributed by atoms with Crippen LogP contribution in [0.4, 0.5) is 0 Å². The van der Waals surface area contributed by atoms with E-state index in [1.54, 1.807) is 11.9 Å². The molecule has 0 heterocycles. The van der Waals surface area contributed by atoms with E-state index in [0.29, 0.717) is 13.1 Å². The van der Waals surface area contributed by atoms with E-state index in [9.17, 15) is 4.79 Å². The maximum atomic E-state index is 10.4. The summed E-state index contributed by atoms with van der Waals surface area (Å²) in [6.07, 6.45) is 0. The normalized spacial score (nSPS) is 13.5. The number of carbonyl (C=O) groups excluding carboxylic acids is 1. The molecule has 0 aromatic rings. The van der Waals surface area contributed by atoms with Crippen LogP contribution in [0.2, 0.25) is 0 Å². The van der Waals surface area contributed by atoms with E-state index in [1.807, 2.05) is 0 Å². The van der Waals surface area contributed by atoms with Gasteiger partial charge in [0.15, 0.2) is 0 Å². The molecule has 0 aliphatic carbocycles. The second kappa shape index (κ2) is 5.06. The van der Waals surface area contributed by atoms with Gasteiger partial charge in [-0.3, -0.25) is 4.79 Å². The Morgan fingerprint density at radius 1 is 1.73 bits per heavy atom. The molecule has 5 heteroatoms. The highest BCUT2D eigenvalue weighted by Gasteiger charge is 2.10. The zero-order chi connectivity index (χ0) is 8.85. The molecule has 66 valence electrons. The topological polar surface area (TPSA) is 92.6 Å². The molecular formula is C6H15N3O2. The third-order valence-corrected chi connectivity index (χ3v) is 1.36. The fraction of sp³-hybridized carbons (Fsp3) is 0.833. The van der Waals surface area contributed by atoms with E-state index in [4.69, 9.17) is 16.6 Å². The number of aliphatic hydroxyl groups is 1. The van der Waals surface area contributed by atoms with Crippen LogP contribution in [0.15, 0.2) is 0 Å². The molecule has 0 aromatic carbocycles. The molecule has 0 saturated carbocycles. The number of rotatable bonds is 5. The lowest BCUT2D eigenvalue weighted by atomic mass is 10.3. The van der Waals surface area contributed by atoms with Gasteiger partial charge in [-0.25, -0.2) is 0 Å². The molecule has 0 bridgehead atoms. The van der Waals surface area contributed by atoms with E-state index in [-0.39, 0.29) is 6.61 Å². The van der Waals surface area contributed by atoms with E-state index in [1.165, 1.54) is 0 Å². The second-order valence-corrected chi connectivity index (χ2v) is 2.49. The van der Waals surface area contributed by atoms with E-state index >= 15 is 0 Å². The lowest BCUT2D eigenvalue weighted by Gasteiger charge is -2.17. The van der Waals surface area contributed by atoms with Gasteiger partial charge in [-0.15, -0.1) is 0 Å². The monoisotopic (exact) mass is 161 g/mol. The number of nitrogens with zero attached hydrogens (tertiary/aromatic N) is 1. The molecule has 0 fully saturated rings. The summed E-state index contributed by atoms with van der Waals surface area (Å²) in [5, 5.41) is 8.49. The first kappa shape index (κ1) is 10.3. The van der Waals surface area contributed by atoms with Crippen LogP contribution in [0.25, 0.3) is 0 Å².